The van der Waals surface area contributed by atoms with Crippen LogP contribution in [0.4, 0.5) is 0 Å². The average molecular weight is 460 g/mol. The Bertz CT molecular complexity index is 1130. The van der Waals surface area contributed by atoms with E-state index < -0.39 is 5.54 Å². The first-order valence-electron chi connectivity index (χ1n) is 12.5. The van der Waals surface area contributed by atoms with Gasteiger partial charge in [0.25, 0.3) is 5.91 Å². The molecule has 0 unspecified atom stereocenters. The highest BCUT2D eigenvalue weighted by atomic mass is 16.3. The van der Waals surface area contributed by atoms with E-state index in [-0.39, 0.29) is 24.4 Å². The standard InChI is InChI=1S/C28H33N3O3/c1-28(27(33)29-22-13-8-3-2-4-9-14-22)20-30-24(21-11-6-5-7-12-21)16-17-25(30)26(32)31(28)19-23-15-10-18-34-23/h5-7,10-12,15-18,22H,2-4,8-9,13-14,19-20H2,1H3,(H,29,33)/t28-/m0/s1. The molecule has 6 heteroatoms. The predicted molar refractivity (Wildman–Crippen MR) is 131 cm³/mol. The Balaban J connectivity index is 1.49. The minimum absolute atomic E-state index is 0.0867. The molecule has 1 aliphatic carbocycles. The topological polar surface area (TPSA) is 67.5 Å². The summed E-state index contributed by atoms with van der Waals surface area (Å²) in [7, 11) is 0. The summed E-state index contributed by atoms with van der Waals surface area (Å²) in [4.78, 5) is 29.4. The first-order chi connectivity index (χ1) is 16.6. The van der Waals surface area contributed by atoms with Crippen LogP contribution < -0.4 is 5.32 Å². The summed E-state index contributed by atoms with van der Waals surface area (Å²) in [6.07, 6.45) is 9.59. The molecule has 1 saturated carbocycles. The van der Waals surface area contributed by atoms with Crippen molar-refractivity contribution in [3.63, 3.8) is 0 Å². The lowest BCUT2D eigenvalue weighted by molar-refractivity contribution is -0.134. The molecule has 178 valence electrons. The second-order valence-corrected chi connectivity index (χ2v) is 9.82. The number of benzene rings is 1. The molecule has 34 heavy (non-hydrogen) atoms. The van der Waals surface area contributed by atoms with Crippen molar-refractivity contribution in [1.82, 2.24) is 14.8 Å². The summed E-state index contributed by atoms with van der Waals surface area (Å²) in [6.45, 7) is 2.54. The summed E-state index contributed by atoms with van der Waals surface area (Å²) in [6, 6.07) is 17.7. The normalized spacial score (nSPS) is 21.6. The minimum Gasteiger partial charge on any atom is -0.467 e. The van der Waals surface area contributed by atoms with Gasteiger partial charge in [0.15, 0.2) is 0 Å². The Morgan fingerprint density at radius 1 is 0.971 bits per heavy atom. The molecule has 3 heterocycles. The van der Waals surface area contributed by atoms with Crippen LogP contribution >= 0.6 is 0 Å². The van der Waals surface area contributed by atoms with Crippen LogP contribution in [0.25, 0.3) is 11.3 Å². The summed E-state index contributed by atoms with van der Waals surface area (Å²) in [5.41, 5.74) is 1.54. The Morgan fingerprint density at radius 3 is 2.38 bits per heavy atom. The number of hydrogen-bond donors (Lipinski definition) is 1. The van der Waals surface area contributed by atoms with Gasteiger partial charge in [0.05, 0.1) is 19.4 Å². The first-order valence-corrected chi connectivity index (χ1v) is 12.5. The van der Waals surface area contributed by atoms with Crippen LogP contribution in [-0.2, 0) is 17.9 Å². The van der Waals surface area contributed by atoms with Gasteiger partial charge in [0.1, 0.15) is 17.0 Å². The highest BCUT2D eigenvalue weighted by Crippen LogP contribution is 2.34. The third-order valence-electron chi connectivity index (χ3n) is 7.40. The zero-order valence-electron chi connectivity index (χ0n) is 19.8. The van der Waals surface area contributed by atoms with E-state index in [0.717, 1.165) is 36.9 Å². The molecule has 1 N–H and O–H groups in total. The van der Waals surface area contributed by atoms with Crippen molar-refractivity contribution in [2.45, 2.75) is 76.5 Å². The second kappa shape index (κ2) is 9.53. The van der Waals surface area contributed by atoms with E-state index in [9.17, 15) is 9.59 Å². The third kappa shape index (κ3) is 4.29. The fourth-order valence-electron chi connectivity index (χ4n) is 5.38. The van der Waals surface area contributed by atoms with Gasteiger partial charge < -0.3 is 19.2 Å². The fourth-order valence-corrected chi connectivity index (χ4v) is 5.38. The SMILES string of the molecule is C[C@@]1(C(=O)NC2CCCCCCC2)Cn2c(ccc2-c2ccccc2)C(=O)N1Cc1ccco1. The number of fused-ring (bicyclic) bond motifs is 1. The van der Waals surface area contributed by atoms with Gasteiger partial charge in [-0.05, 0) is 49.6 Å². The maximum absolute atomic E-state index is 13.9. The highest BCUT2D eigenvalue weighted by molar-refractivity contribution is 6.00. The second-order valence-electron chi connectivity index (χ2n) is 9.82. The van der Waals surface area contributed by atoms with Crippen LogP contribution in [0, 0.1) is 0 Å². The number of hydrogen-bond acceptors (Lipinski definition) is 3. The monoisotopic (exact) mass is 459 g/mol. The average Bonchev–Trinajstić information content (AvgIpc) is 3.49. The van der Waals surface area contributed by atoms with Gasteiger partial charge in [0.2, 0.25) is 5.91 Å². The molecule has 1 fully saturated rings. The van der Waals surface area contributed by atoms with Gasteiger partial charge in [-0.1, -0.05) is 62.4 Å². The summed E-state index contributed by atoms with van der Waals surface area (Å²) < 4.78 is 7.58. The Hall–Kier alpha value is -3.28. The molecule has 0 bridgehead atoms. The van der Waals surface area contributed by atoms with Gasteiger partial charge in [-0.15, -0.1) is 0 Å². The molecule has 1 atom stereocenters. The maximum atomic E-state index is 13.9. The van der Waals surface area contributed by atoms with E-state index in [2.05, 4.69) is 5.32 Å². The molecular weight excluding hydrogens is 426 g/mol. The molecule has 0 saturated heterocycles. The molecule has 2 amide bonds. The Morgan fingerprint density at radius 2 is 1.68 bits per heavy atom. The number of carbonyl (C=O) groups excluding carboxylic acids is 2. The number of aromatic nitrogens is 1. The van der Waals surface area contributed by atoms with Crippen LogP contribution in [-0.4, -0.2) is 32.9 Å². The highest BCUT2D eigenvalue weighted by Gasteiger charge is 2.48. The molecule has 0 spiro atoms. The number of nitrogens with one attached hydrogen (secondary N) is 1. The Labute approximate surface area is 200 Å². The van der Waals surface area contributed by atoms with Crippen LogP contribution in [0.3, 0.4) is 0 Å². The fraction of sp³-hybridized carbons (Fsp3) is 0.429. The maximum Gasteiger partial charge on any atom is 0.271 e. The lowest BCUT2D eigenvalue weighted by atomic mass is 9.92. The van der Waals surface area contributed by atoms with Crippen LogP contribution in [0.2, 0.25) is 0 Å². The molecule has 2 aromatic heterocycles. The van der Waals surface area contributed by atoms with E-state index in [0.29, 0.717) is 18.0 Å². The smallest absolute Gasteiger partial charge is 0.271 e. The zero-order chi connectivity index (χ0) is 23.5. The van der Waals surface area contributed by atoms with Crippen molar-refractivity contribution in [3.05, 3.63) is 72.3 Å². The molecular formula is C28H33N3O3. The van der Waals surface area contributed by atoms with Gasteiger partial charge in [0, 0.05) is 11.7 Å². The zero-order valence-corrected chi connectivity index (χ0v) is 19.8. The molecule has 3 aromatic rings. The van der Waals surface area contributed by atoms with E-state index in [1.54, 1.807) is 11.2 Å². The van der Waals surface area contributed by atoms with Crippen LogP contribution in [0.15, 0.2) is 65.3 Å². The predicted octanol–water partition coefficient (Wildman–Crippen LogP) is 5.39. The molecule has 1 aromatic carbocycles. The van der Waals surface area contributed by atoms with Crippen molar-refractivity contribution in [3.8, 4) is 11.3 Å². The van der Waals surface area contributed by atoms with Crippen molar-refractivity contribution >= 4 is 11.8 Å². The molecule has 5 rings (SSSR count). The number of furan rings is 1. The lowest BCUT2D eigenvalue weighted by Gasteiger charge is -2.44. The van der Waals surface area contributed by atoms with Gasteiger partial charge in [-0.25, -0.2) is 0 Å². The van der Waals surface area contributed by atoms with E-state index in [4.69, 9.17) is 4.42 Å². The van der Waals surface area contributed by atoms with Crippen molar-refractivity contribution in [2.24, 2.45) is 0 Å². The molecule has 2 aliphatic rings. The molecule has 6 nitrogen and oxygen atoms in total. The first kappa shape index (κ1) is 22.5. The largest absolute Gasteiger partial charge is 0.467 e. The van der Waals surface area contributed by atoms with Gasteiger partial charge in [-0.3, -0.25) is 9.59 Å². The number of carbonyl (C=O) groups is 2. The Kier molecular flexibility index (Phi) is 6.31. The van der Waals surface area contributed by atoms with Crippen molar-refractivity contribution < 1.29 is 14.0 Å². The molecule has 0 radical (unpaired) electrons. The van der Waals surface area contributed by atoms with Crippen LogP contribution in [0.5, 0.6) is 0 Å². The quantitative estimate of drug-likeness (QED) is 0.556. The third-order valence-corrected chi connectivity index (χ3v) is 7.40. The van der Waals surface area contributed by atoms with E-state index in [1.807, 2.05) is 66.1 Å². The van der Waals surface area contributed by atoms with Crippen molar-refractivity contribution in [1.29, 1.82) is 0 Å². The lowest BCUT2D eigenvalue weighted by Crippen LogP contribution is -2.64. The number of rotatable bonds is 5. The summed E-state index contributed by atoms with van der Waals surface area (Å²) in [5.74, 6) is 0.429. The van der Waals surface area contributed by atoms with Gasteiger partial charge in [-0.2, -0.15) is 0 Å². The summed E-state index contributed by atoms with van der Waals surface area (Å²) >= 11 is 0. The number of amides is 2. The van der Waals surface area contributed by atoms with Crippen LogP contribution in [0.1, 0.15) is 68.1 Å². The summed E-state index contributed by atoms with van der Waals surface area (Å²) in [5, 5.41) is 3.33. The van der Waals surface area contributed by atoms with E-state index in [1.165, 1.54) is 19.3 Å². The molecule has 1 aliphatic heterocycles. The minimum atomic E-state index is -1.04. The van der Waals surface area contributed by atoms with E-state index >= 15 is 0 Å². The van der Waals surface area contributed by atoms with Gasteiger partial charge >= 0.3 is 0 Å². The number of nitrogens with zero attached hydrogens (tertiary/aromatic N) is 2. The van der Waals surface area contributed by atoms with Crippen molar-refractivity contribution in [2.75, 3.05) is 0 Å².